The average Bonchev–Trinajstić information content (AvgIpc) is 3.30. The first kappa shape index (κ1) is 24.6. The van der Waals surface area contributed by atoms with E-state index in [1.54, 1.807) is 30.5 Å². The zero-order chi connectivity index (χ0) is 24.3. The number of benzene rings is 2. The van der Waals surface area contributed by atoms with Gasteiger partial charge in [0.05, 0.1) is 15.1 Å². The number of carbonyl (C=O) groups is 1. The molecule has 1 aliphatic rings. The Bertz CT molecular complexity index is 1250. The summed E-state index contributed by atoms with van der Waals surface area (Å²) >= 11 is 1.70. The summed E-state index contributed by atoms with van der Waals surface area (Å²) in [5.74, 6) is -0.0696. The molecule has 1 aromatic heterocycles. The third kappa shape index (κ3) is 5.11. The fraction of sp³-hybridized carbons (Fsp3) is 0.440. The summed E-state index contributed by atoms with van der Waals surface area (Å²) < 4.78 is 28.0. The molecule has 9 heteroatoms. The number of hydrogen-bond acceptors (Lipinski definition) is 6. The van der Waals surface area contributed by atoms with Gasteiger partial charge in [-0.2, -0.15) is 0 Å². The minimum atomic E-state index is -3.54. The number of hydrogen-bond donors (Lipinski definition) is 0. The molecule has 0 N–H and O–H groups in total. The second-order valence-electron chi connectivity index (χ2n) is 8.64. The maximum Gasteiger partial charge on any atom is 0.253 e. The molecule has 2 heterocycles. The first-order chi connectivity index (χ1) is 16.3. The number of sulfonamides is 1. The van der Waals surface area contributed by atoms with E-state index in [1.807, 2.05) is 11.8 Å². The number of anilines is 1. The zero-order valence-electron chi connectivity index (χ0n) is 20.0. The molecule has 1 saturated heterocycles. The molecule has 7 nitrogen and oxygen atoms in total. The number of piperazine rings is 1. The quantitative estimate of drug-likeness (QED) is 0.463. The summed E-state index contributed by atoms with van der Waals surface area (Å²) in [7, 11) is -1.94. The molecule has 1 fully saturated rings. The molecule has 0 atom stereocenters. The number of carbonyl (C=O) groups excluding carboxylic acids is 1. The van der Waals surface area contributed by atoms with Crippen molar-refractivity contribution >= 4 is 42.6 Å². The molecule has 0 unspecified atom stereocenters. The maximum atomic E-state index is 13.0. The molecule has 0 saturated carbocycles. The van der Waals surface area contributed by atoms with E-state index >= 15 is 0 Å². The summed E-state index contributed by atoms with van der Waals surface area (Å²) in [6.45, 7) is 7.32. The van der Waals surface area contributed by atoms with E-state index < -0.39 is 10.0 Å². The van der Waals surface area contributed by atoms with Crippen LogP contribution in [0.4, 0.5) is 5.13 Å². The van der Waals surface area contributed by atoms with Crippen LogP contribution in [0.15, 0.2) is 47.4 Å². The minimum absolute atomic E-state index is 0.0696. The maximum absolute atomic E-state index is 13.0. The monoisotopic (exact) mass is 500 g/mol. The standard InChI is InChI=1S/C25H32N4O3S2/c1-4-6-13-27(3)34(31,32)21-10-8-20(9-11-21)24(30)28-14-16-29(17-15-28)25-26-22-12-7-19(5-2)18-23(22)33-25/h7-12,18H,4-6,13-17H2,1-3H3. The highest BCUT2D eigenvalue weighted by atomic mass is 32.2. The Morgan fingerprint density at radius 1 is 1.06 bits per heavy atom. The Labute approximate surface area is 206 Å². The van der Waals surface area contributed by atoms with Crippen LogP contribution in [0.3, 0.4) is 0 Å². The van der Waals surface area contributed by atoms with E-state index in [1.165, 1.54) is 26.7 Å². The lowest BCUT2D eigenvalue weighted by molar-refractivity contribution is 0.0746. The van der Waals surface area contributed by atoms with Crippen molar-refractivity contribution in [1.29, 1.82) is 0 Å². The summed E-state index contributed by atoms with van der Waals surface area (Å²) in [4.78, 5) is 22.1. The highest BCUT2D eigenvalue weighted by molar-refractivity contribution is 7.89. The molecule has 0 aliphatic carbocycles. The minimum Gasteiger partial charge on any atom is -0.345 e. The third-order valence-electron chi connectivity index (χ3n) is 6.32. The lowest BCUT2D eigenvalue weighted by Gasteiger charge is -2.34. The fourth-order valence-electron chi connectivity index (χ4n) is 4.05. The van der Waals surface area contributed by atoms with Crippen LogP contribution in [0, 0.1) is 0 Å². The van der Waals surface area contributed by atoms with Gasteiger partial charge >= 0.3 is 0 Å². The van der Waals surface area contributed by atoms with Crippen molar-refractivity contribution in [3.63, 3.8) is 0 Å². The van der Waals surface area contributed by atoms with Gasteiger partial charge in [0.25, 0.3) is 5.91 Å². The topological polar surface area (TPSA) is 73.8 Å². The van der Waals surface area contributed by atoms with Crippen molar-refractivity contribution in [1.82, 2.24) is 14.2 Å². The first-order valence-corrected chi connectivity index (χ1v) is 14.1. The molecule has 34 heavy (non-hydrogen) atoms. The number of fused-ring (bicyclic) bond motifs is 1. The van der Waals surface area contributed by atoms with Crippen molar-refractivity contribution < 1.29 is 13.2 Å². The smallest absolute Gasteiger partial charge is 0.253 e. The van der Waals surface area contributed by atoms with Crippen molar-refractivity contribution in [3.05, 3.63) is 53.6 Å². The van der Waals surface area contributed by atoms with Crippen LogP contribution >= 0.6 is 11.3 Å². The number of aromatic nitrogens is 1. The number of thiazole rings is 1. The number of unbranched alkanes of at least 4 members (excludes halogenated alkanes) is 1. The molecule has 4 rings (SSSR count). The average molecular weight is 501 g/mol. The normalized spacial score (nSPS) is 14.8. The van der Waals surface area contributed by atoms with Gasteiger partial charge in [-0.3, -0.25) is 4.79 Å². The Balaban J connectivity index is 1.39. The Morgan fingerprint density at radius 2 is 1.76 bits per heavy atom. The summed E-state index contributed by atoms with van der Waals surface area (Å²) in [6.07, 6.45) is 2.75. The third-order valence-corrected chi connectivity index (χ3v) is 9.27. The van der Waals surface area contributed by atoms with Gasteiger partial charge in [0.2, 0.25) is 10.0 Å². The first-order valence-electron chi connectivity index (χ1n) is 11.8. The summed E-state index contributed by atoms with van der Waals surface area (Å²) in [5.41, 5.74) is 2.84. The van der Waals surface area contributed by atoms with Gasteiger partial charge in [-0.15, -0.1) is 0 Å². The number of aryl methyl sites for hydroxylation is 1. The van der Waals surface area contributed by atoms with E-state index in [2.05, 4.69) is 30.0 Å². The molecular weight excluding hydrogens is 468 g/mol. The van der Waals surface area contributed by atoms with Crippen molar-refractivity contribution in [2.45, 2.75) is 38.0 Å². The van der Waals surface area contributed by atoms with Crippen LogP contribution in [0.1, 0.15) is 42.6 Å². The molecule has 1 amide bonds. The predicted octanol–water partition coefficient (Wildman–Crippen LogP) is 4.24. The van der Waals surface area contributed by atoms with E-state index in [-0.39, 0.29) is 10.8 Å². The van der Waals surface area contributed by atoms with Crippen LogP contribution < -0.4 is 4.90 Å². The second kappa shape index (κ2) is 10.4. The number of amides is 1. The lowest BCUT2D eigenvalue weighted by atomic mass is 10.2. The highest BCUT2D eigenvalue weighted by Crippen LogP contribution is 2.30. The Kier molecular flexibility index (Phi) is 7.54. The highest BCUT2D eigenvalue weighted by Gasteiger charge is 2.25. The van der Waals surface area contributed by atoms with Gasteiger partial charge in [-0.25, -0.2) is 17.7 Å². The predicted molar refractivity (Wildman–Crippen MR) is 138 cm³/mol. The van der Waals surface area contributed by atoms with Crippen LogP contribution in [0.2, 0.25) is 0 Å². The van der Waals surface area contributed by atoms with Gasteiger partial charge in [0.1, 0.15) is 0 Å². The molecule has 182 valence electrons. The van der Waals surface area contributed by atoms with E-state index in [9.17, 15) is 13.2 Å². The molecule has 3 aromatic rings. The molecular formula is C25H32N4O3S2. The fourth-order valence-corrected chi connectivity index (χ4v) is 6.34. The van der Waals surface area contributed by atoms with E-state index in [0.717, 1.165) is 43.0 Å². The van der Waals surface area contributed by atoms with Crippen molar-refractivity contribution in [2.24, 2.45) is 0 Å². The van der Waals surface area contributed by atoms with E-state index in [4.69, 9.17) is 4.98 Å². The summed E-state index contributed by atoms with van der Waals surface area (Å²) in [5, 5.41) is 0.997. The Hall–Kier alpha value is -2.49. The van der Waals surface area contributed by atoms with Crippen molar-refractivity contribution in [2.75, 3.05) is 44.7 Å². The number of rotatable bonds is 8. The van der Waals surface area contributed by atoms with Crippen LogP contribution in [-0.2, 0) is 16.4 Å². The zero-order valence-corrected chi connectivity index (χ0v) is 21.7. The van der Waals surface area contributed by atoms with Gasteiger partial charge in [0.15, 0.2) is 5.13 Å². The molecule has 0 radical (unpaired) electrons. The largest absolute Gasteiger partial charge is 0.345 e. The number of nitrogens with zero attached hydrogens (tertiary/aromatic N) is 4. The SMILES string of the molecule is CCCCN(C)S(=O)(=O)c1ccc(C(=O)N2CCN(c3nc4ccc(CC)cc4s3)CC2)cc1. The van der Waals surface area contributed by atoms with Gasteiger partial charge < -0.3 is 9.80 Å². The van der Waals surface area contributed by atoms with Gasteiger partial charge in [0, 0.05) is 45.3 Å². The van der Waals surface area contributed by atoms with E-state index in [0.29, 0.717) is 25.2 Å². The van der Waals surface area contributed by atoms with Crippen LogP contribution in [-0.4, -0.2) is 68.3 Å². The molecule has 1 aliphatic heterocycles. The second-order valence-corrected chi connectivity index (χ2v) is 11.7. The molecule has 0 spiro atoms. The molecule has 0 bridgehead atoms. The van der Waals surface area contributed by atoms with Crippen LogP contribution in [0.5, 0.6) is 0 Å². The van der Waals surface area contributed by atoms with Crippen molar-refractivity contribution in [3.8, 4) is 0 Å². The van der Waals surface area contributed by atoms with Crippen LogP contribution in [0.25, 0.3) is 10.2 Å². The molecule has 2 aromatic carbocycles. The van der Waals surface area contributed by atoms with Gasteiger partial charge in [-0.1, -0.05) is 37.7 Å². The summed E-state index contributed by atoms with van der Waals surface area (Å²) in [6, 6.07) is 12.7. The van der Waals surface area contributed by atoms with Gasteiger partial charge in [-0.05, 0) is 54.8 Å². The Morgan fingerprint density at radius 3 is 2.41 bits per heavy atom. The lowest BCUT2D eigenvalue weighted by Crippen LogP contribution is -2.48.